The van der Waals surface area contributed by atoms with Crippen molar-refractivity contribution in [2.75, 3.05) is 0 Å². The Morgan fingerprint density at radius 1 is 1.10 bits per heavy atom. The van der Waals surface area contributed by atoms with Gasteiger partial charge in [0, 0.05) is 0 Å². The Balaban J connectivity index is 2.02. The molecule has 0 aromatic carbocycles. The molecule has 0 saturated heterocycles. The standard InChI is InChI=1S/C10H18/c1-7(2)10-6-8-3-4-9(10)5-8/h7-10H,3-6H2,1-2H3/t8-,9?,10+/m0/s1. The van der Waals surface area contributed by atoms with Crippen LogP contribution in [0.1, 0.15) is 39.5 Å². The van der Waals surface area contributed by atoms with Crippen LogP contribution in [0.5, 0.6) is 0 Å². The Morgan fingerprint density at radius 2 is 1.90 bits per heavy atom. The minimum absolute atomic E-state index is 0.954. The van der Waals surface area contributed by atoms with Crippen molar-refractivity contribution in [3.63, 3.8) is 0 Å². The first-order valence-electron chi connectivity index (χ1n) is 4.77. The van der Waals surface area contributed by atoms with Crippen LogP contribution in [0.2, 0.25) is 0 Å². The summed E-state index contributed by atoms with van der Waals surface area (Å²) in [5, 5.41) is 0. The van der Waals surface area contributed by atoms with Gasteiger partial charge in [-0.3, -0.25) is 0 Å². The Labute approximate surface area is 64.0 Å². The molecule has 1 unspecified atom stereocenters. The Bertz CT molecular complexity index is 126. The second-order valence-electron chi connectivity index (χ2n) is 4.58. The van der Waals surface area contributed by atoms with Crippen LogP contribution in [-0.2, 0) is 0 Å². The molecule has 0 aromatic rings. The molecule has 0 heterocycles. The first kappa shape index (κ1) is 6.69. The number of hydrogen-bond acceptors (Lipinski definition) is 0. The van der Waals surface area contributed by atoms with Crippen LogP contribution >= 0.6 is 0 Å². The van der Waals surface area contributed by atoms with E-state index in [1.54, 1.807) is 25.7 Å². The molecule has 0 aliphatic heterocycles. The summed E-state index contributed by atoms with van der Waals surface area (Å²) in [5.41, 5.74) is 0. The average Bonchev–Trinajstić information content (AvgIpc) is 2.44. The molecular formula is C10H18. The van der Waals surface area contributed by atoms with E-state index in [4.69, 9.17) is 0 Å². The van der Waals surface area contributed by atoms with Crippen LogP contribution in [0.15, 0.2) is 0 Å². The Kier molecular flexibility index (Phi) is 1.51. The van der Waals surface area contributed by atoms with Gasteiger partial charge in [-0.2, -0.15) is 0 Å². The van der Waals surface area contributed by atoms with E-state index < -0.39 is 0 Å². The molecule has 0 N–H and O–H groups in total. The summed E-state index contributed by atoms with van der Waals surface area (Å²) < 4.78 is 0. The van der Waals surface area contributed by atoms with E-state index in [1.165, 1.54) is 0 Å². The summed E-state index contributed by atoms with van der Waals surface area (Å²) in [6.45, 7) is 4.79. The van der Waals surface area contributed by atoms with E-state index in [0.717, 1.165) is 23.7 Å². The van der Waals surface area contributed by atoms with Crippen molar-refractivity contribution in [2.24, 2.45) is 23.7 Å². The van der Waals surface area contributed by atoms with Crippen molar-refractivity contribution in [2.45, 2.75) is 39.5 Å². The monoisotopic (exact) mass is 138 g/mol. The molecule has 2 aliphatic rings. The molecule has 0 aromatic heterocycles. The van der Waals surface area contributed by atoms with Crippen molar-refractivity contribution < 1.29 is 0 Å². The molecule has 0 radical (unpaired) electrons. The highest BCUT2D eigenvalue weighted by atomic mass is 14.5. The third-order valence-corrected chi connectivity index (χ3v) is 3.65. The molecule has 2 fully saturated rings. The van der Waals surface area contributed by atoms with E-state index in [-0.39, 0.29) is 0 Å². The van der Waals surface area contributed by atoms with Gasteiger partial charge in [-0.15, -0.1) is 0 Å². The van der Waals surface area contributed by atoms with Crippen molar-refractivity contribution in [1.82, 2.24) is 0 Å². The SMILES string of the molecule is CC(C)[C@H]1C[C@H]2CCC1C2. The minimum atomic E-state index is 0.954. The summed E-state index contributed by atoms with van der Waals surface area (Å²) in [6.07, 6.45) is 6.23. The first-order valence-corrected chi connectivity index (χ1v) is 4.77. The van der Waals surface area contributed by atoms with Gasteiger partial charge in [0.15, 0.2) is 0 Å². The average molecular weight is 138 g/mol. The first-order chi connectivity index (χ1) is 4.77. The summed E-state index contributed by atoms with van der Waals surface area (Å²) >= 11 is 0. The van der Waals surface area contributed by atoms with Gasteiger partial charge in [-0.05, 0) is 42.9 Å². The van der Waals surface area contributed by atoms with Crippen molar-refractivity contribution in [1.29, 1.82) is 0 Å². The van der Waals surface area contributed by atoms with E-state index in [1.807, 2.05) is 0 Å². The molecule has 0 nitrogen and oxygen atoms in total. The molecular weight excluding hydrogens is 120 g/mol. The van der Waals surface area contributed by atoms with Crippen molar-refractivity contribution in [3.8, 4) is 0 Å². The summed E-state index contributed by atoms with van der Waals surface area (Å²) in [6, 6.07) is 0. The van der Waals surface area contributed by atoms with Crippen molar-refractivity contribution >= 4 is 0 Å². The zero-order chi connectivity index (χ0) is 7.14. The molecule has 2 bridgehead atoms. The molecule has 10 heavy (non-hydrogen) atoms. The van der Waals surface area contributed by atoms with Gasteiger partial charge in [0.25, 0.3) is 0 Å². The summed E-state index contributed by atoms with van der Waals surface area (Å²) in [5.74, 6) is 4.32. The fraction of sp³-hybridized carbons (Fsp3) is 1.00. The maximum atomic E-state index is 2.39. The lowest BCUT2D eigenvalue weighted by Gasteiger charge is -2.24. The molecule has 58 valence electrons. The lowest BCUT2D eigenvalue weighted by molar-refractivity contribution is 0.256. The highest BCUT2D eigenvalue weighted by Crippen LogP contribution is 2.50. The largest absolute Gasteiger partial charge is 0.0625 e. The van der Waals surface area contributed by atoms with Gasteiger partial charge in [0.2, 0.25) is 0 Å². The molecule has 2 aliphatic carbocycles. The van der Waals surface area contributed by atoms with Crippen LogP contribution in [0.3, 0.4) is 0 Å². The maximum absolute atomic E-state index is 2.39. The van der Waals surface area contributed by atoms with Crippen LogP contribution in [0.25, 0.3) is 0 Å². The second-order valence-corrected chi connectivity index (χ2v) is 4.58. The second kappa shape index (κ2) is 2.25. The maximum Gasteiger partial charge on any atom is -0.0360 e. The molecule has 0 heteroatoms. The van der Waals surface area contributed by atoms with E-state index >= 15 is 0 Å². The zero-order valence-electron chi connectivity index (χ0n) is 7.14. The minimum Gasteiger partial charge on any atom is -0.0625 e. The predicted molar refractivity (Wildman–Crippen MR) is 43.8 cm³/mol. The number of rotatable bonds is 1. The van der Waals surface area contributed by atoms with Crippen LogP contribution in [0, 0.1) is 23.7 Å². The van der Waals surface area contributed by atoms with Gasteiger partial charge in [-0.25, -0.2) is 0 Å². The number of fused-ring (bicyclic) bond motifs is 2. The predicted octanol–water partition coefficient (Wildman–Crippen LogP) is 3.08. The smallest absolute Gasteiger partial charge is 0.0360 e. The molecule has 0 spiro atoms. The van der Waals surface area contributed by atoms with Gasteiger partial charge in [0.05, 0.1) is 0 Å². The van der Waals surface area contributed by atoms with E-state index in [2.05, 4.69) is 13.8 Å². The lowest BCUT2D eigenvalue weighted by Crippen LogP contribution is -2.15. The highest BCUT2D eigenvalue weighted by molar-refractivity contribution is 4.90. The van der Waals surface area contributed by atoms with Gasteiger partial charge in [-0.1, -0.05) is 20.3 Å². The van der Waals surface area contributed by atoms with E-state index in [9.17, 15) is 0 Å². The van der Waals surface area contributed by atoms with Gasteiger partial charge >= 0.3 is 0 Å². The Hall–Kier alpha value is 0. The normalized spacial score (nSPS) is 45.3. The summed E-state index contributed by atoms with van der Waals surface area (Å²) in [4.78, 5) is 0. The third kappa shape index (κ3) is 0.889. The third-order valence-electron chi connectivity index (χ3n) is 3.65. The van der Waals surface area contributed by atoms with Crippen LogP contribution in [0.4, 0.5) is 0 Å². The zero-order valence-corrected chi connectivity index (χ0v) is 7.14. The van der Waals surface area contributed by atoms with E-state index in [0.29, 0.717) is 0 Å². The fourth-order valence-electron chi connectivity index (χ4n) is 3.11. The van der Waals surface area contributed by atoms with Crippen molar-refractivity contribution in [3.05, 3.63) is 0 Å². The van der Waals surface area contributed by atoms with Crippen LogP contribution < -0.4 is 0 Å². The van der Waals surface area contributed by atoms with Gasteiger partial charge < -0.3 is 0 Å². The molecule has 0 amide bonds. The molecule has 2 saturated carbocycles. The fourth-order valence-corrected chi connectivity index (χ4v) is 3.11. The summed E-state index contributed by atoms with van der Waals surface area (Å²) in [7, 11) is 0. The molecule has 2 rings (SSSR count). The highest BCUT2D eigenvalue weighted by Gasteiger charge is 2.40. The quantitative estimate of drug-likeness (QED) is 0.522. The lowest BCUT2D eigenvalue weighted by atomic mass is 9.81. The Morgan fingerprint density at radius 3 is 2.20 bits per heavy atom. The topological polar surface area (TPSA) is 0 Å². The van der Waals surface area contributed by atoms with Crippen LogP contribution in [-0.4, -0.2) is 0 Å². The number of hydrogen-bond donors (Lipinski definition) is 0. The van der Waals surface area contributed by atoms with Gasteiger partial charge in [0.1, 0.15) is 0 Å². The molecule has 3 atom stereocenters.